The third kappa shape index (κ3) is 3.30. The third-order valence-corrected chi connectivity index (χ3v) is 5.89. The van der Waals surface area contributed by atoms with Gasteiger partial charge in [-0.25, -0.2) is 17.7 Å². The van der Waals surface area contributed by atoms with Gasteiger partial charge in [-0.2, -0.15) is 0 Å². The van der Waals surface area contributed by atoms with E-state index in [-0.39, 0.29) is 11.8 Å². The SMILES string of the molecule is CCS(=O)(=O)N(C)C1CCN(c2cccc(C)n2)CC1. The minimum absolute atomic E-state index is 0.112. The van der Waals surface area contributed by atoms with Crippen LogP contribution in [0.15, 0.2) is 18.2 Å². The van der Waals surface area contributed by atoms with Crippen molar-refractivity contribution in [2.75, 3.05) is 30.8 Å². The van der Waals surface area contributed by atoms with E-state index in [0.717, 1.165) is 37.4 Å². The fraction of sp³-hybridized carbons (Fsp3) is 0.643. The van der Waals surface area contributed by atoms with Gasteiger partial charge in [-0.1, -0.05) is 6.07 Å². The molecule has 20 heavy (non-hydrogen) atoms. The Kier molecular flexibility index (Phi) is 4.65. The number of sulfonamides is 1. The first-order chi connectivity index (χ1) is 9.44. The first-order valence-electron chi connectivity index (χ1n) is 7.08. The zero-order chi connectivity index (χ0) is 14.8. The highest BCUT2D eigenvalue weighted by Gasteiger charge is 2.28. The number of rotatable bonds is 4. The van der Waals surface area contributed by atoms with Crippen molar-refractivity contribution in [3.05, 3.63) is 23.9 Å². The molecule has 0 unspecified atom stereocenters. The van der Waals surface area contributed by atoms with Gasteiger partial charge in [-0.3, -0.25) is 0 Å². The van der Waals surface area contributed by atoms with Gasteiger partial charge < -0.3 is 4.90 Å². The number of aromatic nitrogens is 1. The van der Waals surface area contributed by atoms with Crippen LogP contribution in [0.4, 0.5) is 5.82 Å². The summed E-state index contributed by atoms with van der Waals surface area (Å²) in [6.45, 7) is 5.38. The van der Waals surface area contributed by atoms with Crippen LogP contribution in [0.5, 0.6) is 0 Å². The Balaban J connectivity index is 1.99. The standard InChI is InChI=1S/C14H23N3O2S/c1-4-20(18,19)16(3)13-8-10-17(11-9-13)14-7-5-6-12(2)15-14/h5-7,13H,4,8-11H2,1-3H3. The van der Waals surface area contributed by atoms with Crippen LogP contribution in [0.3, 0.4) is 0 Å². The molecule has 0 atom stereocenters. The lowest BCUT2D eigenvalue weighted by Gasteiger charge is -2.36. The molecule has 2 heterocycles. The van der Waals surface area contributed by atoms with E-state index in [1.807, 2.05) is 25.1 Å². The molecule has 1 aromatic rings. The van der Waals surface area contributed by atoms with Crippen LogP contribution in [0, 0.1) is 6.92 Å². The summed E-state index contributed by atoms with van der Waals surface area (Å²) >= 11 is 0. The van der Waals surface area contributed by atoms with E-state index in [2.05, 4.69) is 9.88 Å². The summed E-state index contributed by atoms with van der Waals surface area (Å²) in [6, 6.07) is 6.12. The third-order valence-electron chi connectivity index (χ3n) is 3.98. The lowest BCUT2D eigenvalue weighted by molar-refractivity contribution is 0.312. The quantitative estimate of drug-likeness (QED) is 0.848. The van der Waals surface area contributed by atoms with Gasteiger partial charge in [0.2, 0.25) is 10.0 Å². The average molecular weight is 297 g/mol. The topological polar surface area (TPSA) is 53.5 Å². The van der Waals surface area contributed by atoms with Gasteiger partial charge in [0.25, 0.3) is 0 Å². The Morgan fingerprint density at radius 2 is 2.00 bits per heavy atom. The fourth-order valence-corrected chi connectivity index (χ4v) is 3.67. The van der Waals surface area contributed by atoms with Crippen molar-refractivity contribution >= 4 is 15.8 Å². The Morgan fingerprint density at radius 1 is 1.35 bits per heavy atom. The molecule has 0 aromatic carbocycles. The van der Waals surface area contributed by atoms with Gasteiger partial charge in [-0.15, -0.1) is 0 Å². The van der Waals surface area contributed by atoms with E-state index in [9.17, 15) is 8.42 Å². The van der Waals surface area contributed by atoms with Gasteiger partial charge in [0, 0.05) is 31.9 Å². The molecule has 0 aliphatic carbocycles. The monoisotopic (exact) mass is 297 g/mol. The number of piperidine rings is 1. The summed E-state index contributed by atoms with van der Waals surface area (Å²) < 4.78 is 25.3. The normalized spacial score (nSPS) is 17.7. The van der Waals surface area contributed by atoms with E-state index >= 15 is 0 Å². The number of hydrogen-bond donors (Lipinski definition) is 0. The van der Waals surface area contributed by atoms with Crippen LogP contribution in [0.25, 0.3) is 0 Å². The molecule has 2 rings (SSSR count). The largest absolute Gasteiger partial charge is 0.356 e. The first-order valence-corrected chi connectivity index (χ1v) is 8.69. The van der Waals surface area contributed by atoms with Crippen molar-refractivity contribution in [1.82, 2.24) is 9.29 Å². The van der Waals surface area contributed by atoms with Gasteiger partial charge in [0.05, 0.1) is 5.75 Å². The Hall–Kier alpha value is -1.14. The summed E-state index contributed by atoms with van der Waals surface area (Å²) in [5.74, 6) is 1.16. The van der Waals surface area contributed by atoms with E-state index in [4.69, 9.17) is 0 Å². The highest BCUT2D eigenvalue weighted by atomic mass is 32.2. The van der Waals surface area contributed by atoms with E-state index in [1.54, 1.807) is 18.3 Å². The lowest BCUT2D eigenvalue weighted by atomic mass is 10.1. The maximum Gasteiger partial charge on any atom is 0.213 e. The molecule has 0 amide bonds. The zero-order valence-corrected chi connectivity index (χ0v) is 13.2. The lowest BCUT2D eigenvalue weighted by Crippen LogP contribution is -2.46. The Morgan fingerprint density at radius 3 is 2.55 bits per heavy atom. The highest BCUT2D eigenvalue weighted by Crippen LogP contribution is 2.22. The predicted molar refractivity (Wildman–Crippen MR) is 81.4 cm³/mol. The molecule has 0 N–H and O–H groups in total. The second-order valence-electron chi connectivity index (χ2n) is 5.27. The number of pyridine rings is 1. The van der Waals surface area contributed by atoms with Crippen LogP contribution in [-0.2, 0) is 10.0 Å². The van der Waals surface area contributed by atoms with Gasteiger partial charge in [0.1, 0.15) is 5.82 Å². The summed E-state index contributed by atoms with van der Waals surface area (Å²) in [6.07, 6.45) is 1.71. The predicted octanol–water partition coefficient (Wildman–Crippen LogP) is 1.64. The van der Waals surface area contributed by atoms with Crippen molar-refractivity contribution < 1.29 is 8.42 Å². The summed E-state index contributed by atoms with van der Waals surface area (Å²) in [4.78, 5) is 6.76. The maximum atomic E-state index is 11.9. The average Bonchev–Trinajstić information content (AvgIpc) is 2.46. The molecule has 0 bridgehead atoms. The Bertz CT molecular complexity index is 551. The molecule has 5 nitrogen and oxygen atoms in total. The molecular weight excluding hydrogens is 274 g/mol. The maximum absolute atomic E-state index is 11.9. The Labute approximate surface area is 121 Å². The molecule has 1 aromatic heterocycles. The van der Waals surface area contributed by atoms with E-state index in [0.29, 0.717) is 0 Å². The van der Waals surface area contributed by atoms with Crippen LogP contribution in [0.1, 0.15) is 25.5 Å². The number of hydrogen-bond acceptors (Lipinski definition) is 4. The van der Waals surface area contributed by atoms with Crippen molar-refractivity contribution in [2.24, 2.45) is 0 Å². The summed E-state index contributed by atoms with van der Waals surface area (Å²) in [7, 11) is -1.39. The molecule has 1 aliphatic rings. The van der Waals surface area contributed by atoms with Gasteiger partial charge in [0.15, 0.2) is 0 Å². The van der Waals surface area contributed by atoms with Crippen LogP contribution < -0.4 is 4.90 Å². The van der Waals surface area contributed by atoms with Crippen molar-refractivity contribution in [3.63, 3.8) is 0 Å². The molecule has 1 aliphatic heterocycles. The van der Waals surface area contributed by atoms with Crippen molar-refractivity contribution in [1.29, 1.82) is 0 Å². The molecule has 6 heteroatoms. The summed E-state index contributed by atoms with van der Waals surface area (Å²) in [5, 5.41) is 0. The minimum atomic E-state index is -3.09. The molecule has 0 radical (unpaired) electrons. The van der Waals surface area contributed by atoms with E-state index in [1.165, 1.54) is 0 Å². The molecular formula is C14H23N3O2S. The van der Waals surface area contributed by atoms with Crippen molar-refractivity contribution in [3.8, 4) is 0 Å². The first kappa shape index (κ1) is 15.3. The number of nitrogens with zero attached hydrogens (tertiary/aromatic N) is 3. The molecule has 0 spiro atoms. The highest BCUT2D eigenvalue weighted by molar-refractivity contribution is 7.89. The molecule has 1 saturated heterocycles. The van der Waals surface area contributed by atoms with Gasteiger partial charge >= 0.3 is 0 Å². The smallest absolute Gasteiger partial charge is 0.213 e. The molecule has 112 valence electrons. The minimum Gasteiger partial charge on any atom is -0.356 e. The second kappa shape index (κ2) is 6.10. The van der Waals surface area contributed by atoms with Crippen LogP contribution in [-0.4, -0.2) is 49.6 Å². The number of anilines is 1. The van der Waals surface area contributed by atoms with E-state index < -0.39 is 10.0 Å². The second-order valence-corrected chi connectivity index (χ2v) is 7.59. The molecule has 0 saturated carbocycles. The number of aryl methyl sites for hydroxylation is 1. The zero-order valence-electron chi connectivity index (χ0n) is 12.4. The molecule has 1 fully saturated rings. The van der Waals surface area contributed by atoms with Crippen molar-refractivity contribution in [2.45, 2.75) is 32.7 Å². The fourth-order valence-electron chi connectivity index (χ4n) is 2.59. The summed E-state index contributed by atoms with van der Waals surface area (Å²) in [5.41, 5.74) is 1.01. The van der Waals surface area contributed by atoms with Gasteiger partial charge in [-0.05, 0) is 38.8 Å². The van der Waals surface area contributed by atoms with Crippen LogP contribution >= 0.6 is 0 Å². The van der Waals surface area contributed by atoms with Crippen LogP contribution in [0.2, 0.25) is 0 Å².